The van der Waals surface area contributed by atoms with Gasteiger partial charge >= 0.3 is 0 Å². The van der Waals surface area contributed by atoms with Gasteiger partial charge in [-0.1, -0.05) is 149 Å². The van der Waals surface area contributed by atoms with Crippen LogP contribution in [0.5, 0.6) is 0 Å². The summed E-state index contributed by atoms with van der Waals surface area (Å²) in [6.45, 7) is 19.0. The molecule has 2 nitrogen and oxygen atoms in total. The molecule has 0 heterocycles. The molecule has 0 fully saturated rings. The molecule has 0 radical (unpaired) electrons. The topological polar surface area (TPSA) is 29.5 Å². The number of rotatable bonds is 11. The van der Waals surface area contributed by atoms with E-state index in [2.05, 4.69) is 131 Å². The van der Waals surface area contributed by atoms with E-state index in [1.165, 1.54) is 15.6 Å². The predicted molar refractivity (Wildman–Crippen MR) is 161 cm³/mol. The smallest absolute Gasteiger partial charge is 0.261 e. The maximum Gasteiger partial charge on any atom is 0.261 e. The highest BCUT2D eigenvalue weighted by Gasteiger charge is 2.51. The molecule has 0 aliphatic heterocycles. The summed E-state index contributed by atoms with van der Waals surface area (Å²) in [5, 5.41) is 14.5. The molecule has 0 spiro atoms. The predicted octanol–water partition coefficient (Wildman–Crippen LogP) is 6.27. The highest BCUT2D eigenvalue weighted by Crippen LogP contribution is 2.40. The second kappa shape index (κ2) is 11.9. The van der Waals surface area contributed by atoms with Crippen molar-refractivity contribution in [1.82, 2.24) is 0 Å². The van der Waals surface area contributed by atoms with Crippen molar-refractivity contribution in [2.24, 2.45) is 0 Å². The van der Waals surface area contributed by atoms with Gasteiger partial charge in [0.15, 0.2) is 0 Å². The maximum absolute atomic E-state index is 10.5. The van der Waals surface area contributed by atoms with Gasteiger partial charge in [0, 0.05) is 12.1 Å². The summed E-state index contributed by atoms with van der Waals surface area (Å²) in [5.41, 5.74) is 1.30. The Morgan fingerprint density at radius 1 is 0.806 bits per heavy atom. The molecule has 0 saturated carbocycles. The summed E-state index contributed by atoms with van der Waals surface area (Å²) in [7, 11) is -4.69. The summed E-state index contributed by atoms with van der Waals surface area (Å²) in [6, 6.07) is 32.5. The van der Waals surface area contributed by atoms with Crippen LogP contribution in [-0.2, 0) is 4.43 Å². The van der Waals surface area contributed by atoms with Gasteiger partial charge in [0.1, 0.15) is 0 Å². The molecule has 0 bridgehead atoms. The zero-order chi connectivity index (χ0) is 26.4. The van der Waals surface area contributed by atoms with Gasteiger partial charge in [-0.15, -0.1) is 0 Å². The van der Waals surface area contributed by atoms with Crippen molar-refractivity contribution >= 4 is 32.0 Å². The lowest BCUT2D eigenvalue weighted by Gasteiger charge is -2.45. The molecule has 36 heavy (non-hydrogen) atoms. The average molecular weight is 517 g/mol. The van der Waals surface area contributed by atoms with Gasteiger partial charge in [-0.3, -0.25) is 0 Å². The van der Waals surface area contributed by atoms with Crippen LogP contribution in [0.4, 0.5) is 0 Å². The zero-order valence-corrected chi connectivity index (χ0v) is 25.0. The Balaban J connectivity index is 2.12. The Morgan fingerprint density at radius 3 is 1.61 bits per heavy atom. The van der Waals surface area contributed by atoms with Crippen molar-refractivity contribution in [1.29, 1.82) is 0 Å². The van der Waals surface area contributed by atoms with E-state index < -0.39 is 16.4 Å². The van der Waals surface area contributed by atoms with Crippen LogP contribution in [0.25, 0.3) is 0 Å². The molecule has 1 N–H and O–H groups in total. The Kier molecular flexibility index (Phi) is 9.34. The van der Waals surface area contributed by atoms with E-state index >= 15 is 0 Å². The Morgan fingerprint density at radius 2 is 1.22 bits per heavy atom. The van der Waals surface area contributed by atoms with Crippen LogP contribution in [0.1, 0.15) is 40.5 Å². The van der Waals surface area contributed by atoms with Crippen molar-refractivity contribution in [3.05, 3.63) is 103 Å². The molecule has 0 unspecified atom stereocenters. The molecule has 3 rings (SSSR count). The summed E-state index contributed by atoms with van der Waals surface area (Å²) < 4.78 is 7.40. The molecule has 3 aromatic rings. The van der Waals surface area contributed by atoms with Crippen LogP contribution < -0.4 is 15.6 Å². The van der Waals surface area contributed by atoms with E-state index in [4.69, 9.17) is 4.43 Å². The average Bonchev–Trinajstić information content (AvgIpc) is 2.87. The second-order valence-corrected chi connectivity index (χ2v) is 20.6. The van der Waals surface area contributed by atoms with Gasteiger partial charge in [-0.05, 0) is 28.3 Å². The summed E-state index contributed by atoms with van der Waals surface area (Å²) >= 11 is 0. The van der Waals surface area contributed by atoms with E-state index in [0.29, 0.717) is 13.0 Å². The van der Waals surface area contributed by atoms with Crippen molar-refractivity contribution in [3.8, 4) is 0 Å². The van der Waals surface area contributed by atoms with Crippen molar-refractivity contribution in [2.45, 2.75) is 70.3 Å². The van der Waals surface area contributed by atoms with Gasteiger partial charge in [0.25, 0.3) is 8.32 Å². The maximum atomic E-state index is 10.5. The summed E-state index contributed by atoms with van der Waals surface area (Å²) in [5.74, 6) is 0. The first kappa shape index (κ1) is 28.3. The molecular weight excluding hydrogens is 473 g/mol. The van der Waals surface area contributed by atoms with E-state index in [9.17, 15) is 5.11 Å². The highest BCUT2D eigenvalue weighted by molar-refractivity contribution is 6.99. The van der Waals surface area contributed by atoms with E-state index in [1.54, 1.807) is 0 Å². The molecule has 192 valence electrons. The molecule has 0 aliphatic carbocycles. The first-order valence-electron chi connectivity index (χ1n) is 13.2. The molecule has 4 heteroatoms. The van der Waals surface area contributed by atoms with Gasteiger partial charge in [0.05, 0.1) is 14.2 Å². The second-order valence-electron chi connectivity index (χ2n) is 11.5. The van der Waals surface area contributed by atoms with Crippen molar-refractivity contribution < 1.29 is 9.53 Å². The van der Waals surface area contributed by atoms with Crippen LogP contribution in [0, 0.1) is 0 Å². The normalized spacial score (nSPS) is 14.3. The van der Waals surface area contributed by atoms with Gasteiger partial charge in [-0.25, -0.2) is 0 Å². The number of benzene rings is 3. The third kappa shape index (κ3) is 6.00. The standard InChI is InChI=1S/C32H44O2Si2/c1-8-27(33)24-26(2)31(35(6,7)28-18-12-9-13-19-28)25-34-36(32(3,4)5,29-20-14-10-15-21-29)30-22-16-11-17-23-30/h9-23,27,31,33H,2,8,24-25H2,1,3-7H3/t27-,31+/m1/s1. The van der Waals surface area contributed by atoms with Crippen LogP contribution in [-0.4, -0.2) is 34.2 Å². The molecule has 0 saturated heterocycles. The molecule has 0 aliphatic rings. The third-order valence-electron chi connectivity index (χ3n) is 7.73. The number of aliphatic hydroxyl groups is 1. The molecule has 2 atom stereocenters. The Labute approximate surface area is 221 Å². The zero-order valence-electron chi connectivity index (χ0n) is 23.0. The number of hydrogen-bond acceptors (Lipinski definition) is 2. The minimum absolute atomic E-state index is 0.0804. The Hall–Kier alpha value is -2.25. The van der Waals surface area contributed by atoms with E-state index in [0.717, 1.165) is 12.0 Å². The monoisotopic (exact) mass is 516 g/mol. The lowest BCUT2D eigenvalue weighted by Crippen LogP contribution is -2.67. The van der Waals surface area contributed by atoms with Crippen molar-refractivity contribution in [2.75, 3.05) is 6.61 Å². The van der Waals surface area contributed by atoms with E-state index in [1.807, 2.05) is 6.92 Å². The van der Waals surface area contributed by atoms with Crippen LogP contribution in [0.2, 0.25) is 23.7 Å². The fraction of sp³-hybridized carbons (Fsp3) is 0.375. The van der Waals surface area contributed by atoms with Gasteiger partial charge in [-0.2, -0.15) is 0 Å². The quantitative estimate of drug-likeness (QED) is 0.241. The van der Waals surface area contributed by atoms with Gasteiger partial charge < -0.3 is 9.53 Å². The largest absolute Gasteiger partial charge is 0.407 e. The Bertz CT molecular complexity index is 1050. The third-order valence-corrected chi connectivity index (χ3v) is 16.9. The first-order chi connectivity index (χ1) is 17.0. The minimum atomic E-state index is -2.67. The molecule has 3 aromatic carbocycles. The number of hydrogen-bond donors (Lipinski definition) is 1. The highest BCUT2D eigenvalue weighted by atomic mass is 28.4. The summed E-state index contributed by atoms with van der Waals surface area (Å²) in [4.78, 5) is 0. The molecule has 0 aromatic heterocycles. The van der Waals surface area contributed by atoms with Crippen LogP contribution >= 0.6 is 0 Å². The summed E-state index contributed by atoms with van der Waals surface area (Å²) in [6.07, 6.45) is 0.983. The van der Waals surface area contributed by atoms with E-state index in [-0.39, 0.29) is 16.7 Å². The molecular formula is C32H44O2Si2. The fourth-order valence-electron chi connectivity index (χ4n) is 5.46. The SMILES string of the molecule is C=C(C[C@H](O)CC)[C@H](CO[Si](c1ccccc1)(c1ccccc1)C(C)(C)C)[Si](C)(C)c1ccccc1. The van der Waals surface area contributed by atoms with Crippen molar-refractivity contribution in [3.63, 3.8) is 0 Å². The van der Waals surface area contributed by atoms with Crippen LogP contribution in [0.15, 0.2) is 103 Å². The first-order valence-corrected chi connectivity index (χ1v) is 18.2. The molecule has 0 amide bonds. The lowest BCUT2D eigenvalue weighted by atomic mass is 10.1. The number of aliphatic hydroxyl groups excluding tert-OH is 1. The minimum Gasteiger partial charge on any atom is -0.407 e. The van der Waals surface area contributed by atoms with Crippen LogP contribution in [0.3, 0.4) is 0 Å². The van der Waals surface area contributed by atoms with Gasteiger partial charge in [0.2, 0.25) is 0 Å². The fourth-order valence-corrected chi connectivity index (χ4v) is 13.3. The lowest BCUT2D eigenvalue weighted by molar-refractivity contribution is 0.168.